The van der Waals surface area contributed by atoms with Gasteiger partial charge in [0, 0.05) is 12.1 Å². The van der Waals surface area contributed by atoms with E-state index in [9.17, 15) is 14.0 Å². The molecule has 0 radical (unpaired) electrons. The Hall–Kier alpha value is -1.91. The molecule has 0 saturated heterocycles. The van der Waals surface area contributed by atoms with Crippen molar-refractivity contribution in [3.05, 3.63) is 35.1 Å². The number of carbonyl (C=O) groups is 2. The maximum Gasteiger partial charge on any atom is 0.257 e. The van der Waals surface area contributed by atoms with Gasteiger partial charge in [-0.25, -0.2) is 4.39 Å². The van der Waals surface area contributed by atoms with Crippen LogP contribution in [0, 0.1) is 12.7 Å². The summed E-state index contributed by atoms with van der Waals surface area (Å²) in [5.74, 6) is -1.26. The summed E-state index contributed by atoms with van der Waals surface area (Å²) >= 11 is 0. The van der Waals surface area contributed by atoms with Gasteiger partial charge in [-0.05, 0) is 46.2 Å². The van der Waals surface area contributed by atoms with Gasteiger partial charge in [0.15, 0.2) is 0 Å². The lowest BCUT2D eigenvalue weighted by Gasteiger charge is -2.25. The average Bonchev–Trinajstić information content (AvgIpc) is 2.36. The van der Waals surface area contributed by atoms with E-state index in [1.807, 2.05) is 20.8 Å². The molecule has 2 amide bonds. The third kappa shape index (κ3) is 4.85. The van der Waals surface area contributed by atoms with Gasteiger partial charge < -0.3 is 10.2 Å². The predicted molar refractivity (Wildman–Crippen MR) is 80.6 cm³/mol. The zero-order valence-corrected chi connectivity index (χ0v) is 13.3. The minimum atomic E-state index is -0.530. The number of nitrogens with zero attached hydrogens (tertiary/aromatic N) is 1. The SMILES string of the molecule is CCN(CC(=O)NC(C)(C)C)C(=O)c1cccc(C)c1F. The van der Waals surface area contributed by atoms with Crippen molar-refractivity contribution in [1.82, 2.24) is 10.2 Å². The Morgan fingerprint density at radius 1 is 1.29 bits per heavy atom. The summed E-state index contributed by atoms with van der Waals surface area (Å²) < 4.78 is 14.0. The molecule has 0 saturated carbocycles. The van der Waals surface area contributed by atoms with Crippen molar-refractivity contribution in [2.75, 3.05) is 13.1 Å². The molecule has 0 bridgehead atoms. The summed E-state index contributed by atoms with van der Waals surface area (Å²) in [7, 11) is 0. The molecule has 1 aromatic rings. The maximum atomic E-state index is 14.0. The second-order valence-corrected chi connectivity index (χ2v) is 6.05. The van der Waals surface area contributed by atoms with Crippen molar-refractivity contribution in [3.63, 3.8) is 0 Å². The second-order valence-electron chi connectivity index (χ2n) is 6.05. The molecule has 1 rings (SSSR count). The number of aryl methyl sites for hydroxylation is 1. The Labute approximate surface area is 125 Å². The largest absolute Gasteiger partial charge is 0.350 e. The lowest BCUT2D eigenvalue weighted by molar-refractivity contribution is -0.123. The first-order valence-corrected chi connectivity index (χ1v) is 7.01. The number of nitrogens with one attached hydrogen (secondary N) is 1. The van der Waals surface area contributed by atoms with E-state index in [-0.39, 0.29) is 23.6 Å². The fourth-order valence-electron chi connectivity index (χ4n) is 1.94. The molecule has 5 heteroatoms. The van der Waals surface area contributed by atoms with Crippen LogP contribution in [0.1, 0.15) is 43.6 Å². The van der Waals surface area contributed by atoms with Crippen molar-refractivity contribution in [1.29, 1.82) is 0 Å². The number of rotatable bonds is 4. The molecular formula is C16H23FN2O2. The van der Waals surface area contributed by atoms with Crippen LogP contribution in [0.15, 0.2) is 18.2 Å². The molecule has 1 aromatic carbocycles. The summed E-state index contributed by atoms with van der Waals surface area (Å²) in [6, 6.07) is 4.68. The molecule has 0 spiro atoms. The number of hydrogen-bond acceptors (Lipinski definition) is 2. The van der Waals surface area contributed by atoms with Gasteiger partial charge in [0.1, 0.15) is 5.82 Å². The van der Waals surface area contributed by atoms with E-state index in [0.717, 1.165) is 0 Å². The van der Waals surface area contributed by atoms with Gasteiger partial charge in [-0.15, -0.1) is 0 Å². The standard InChI is InChI=1S/C16H23FN2O2/c1-6-19(10-13(20)18-16(3,4)5)15(21)12-9-7-8-11(2)14(12)17/h7-9H,6,10H2,1-5H3,(H,18,20). The van der Waals surface area contributed by atoms with Gasteiger partial charge in [-0.1, -0.05) is 12.1 Å². The maximum absolute atomic E-state index is 14.0. The van der Waals surface area contributed by atoms with E-state index in [1.54, 1.807) is 26.0 Å². The topological polar surface area (TPSA) is 49.4 Å². The first-order valence-electron chi connectivity index (χ1n) is 7.01. The van der Waals surface area contributed by atoms with Crippen molar-refractivity contribution >= 4 is 11.8 Å². The highest BCUT2D eigenvalue weighted by molar-refractivity contribution is 5.97. The van der Waals surface area contributed by atoms with Crippen molar-refractivity contribution in [3.8, 4) is 0 Å². The number of amides is 2. The number of carbonyl (C=O) groups excluding carboxylic acids is 2. The van der Waals surface area contributed by atoms with E-state index in [4.69, 9.17) is 0 Å². The van der Waals surface area contributed by atoms with Gasteiger partial charge in [0.25, 0.3) is 5.91 Å². The normalized spacial score (nSPS) is 11.1. The van der Waals surface area contributed by atoms with Crippen molar-refractivity contribution < 1.29 is 14.0 Å². The number of likely N-dealkylation sites (N-methyl/N-ethyl adjacent to an activating group) is 1. The summed E-state index contributed by atoms with van der Waals surface area (Å²) in [5, 5.41) is 2.79. The molecule has 0 fully saturated rings. The second kappa shape index (κ2) is 6.70. The molecule has 0 aliphatic rings. The van der Waals surface area contributed by atoms with Gasteiger partial charge in [0.05, 0.1) is 12.1 Å². The monoisotopic (exact) mass is 294 g/mol. The number of hydrogen-bond donors (Lipinski definition) is 1. The van der Waals surface area contributed by atoms with Gasteiger partial charge in [0.2, 0.25) is 5.91 Å². The summed E-state index contributed by atoms with van der Waals surface area (Å²) in [5.41, 5.74) is 0.0464. The van der Waals surface area contributed by atoms with Crippen LogP contribution in [-0.2, 0) is 4.79 Å². The minimum absolute atomic E-state index is 0.000378. The first-order chi connectivity index (χ1) is 9.65. The Kier molecular flexibility index (Phi) is 5.47. The number of halogens is 1. The van der Waals surface area contributed by atoms with Crippen molar-refractivity contribution in [2.45, 2.75) is 40.2 Å². The Morgan fingerprint density at radius 3 is 2.43 bits per heavy atom. The molecule has 1 N–H and O–H groups in total. The molecule has 0 heterocycles. The first kappa shape index (κ1) is 17.1. The van der Waals surface area contributed by atoms with E-state index in [1.165, 1.54) is 11.0 Å². The Morgan fingerprint density at radius 2 is 1.90 bits per heavy atom. The molecule has 0 aliphatic carbocycles. The minimum Gasteiger partial charge on any atom is -0.350 e. The van der Waals surface area contributed by atoms with Gasteiger partial charge in [-0.3, -0.25) is 9.59 Å². The zero-order valence-electron chi connectivity index (χ0n) is 13.3. The highest BCUT2D eigenvalue weighted by Crippen LogP contribution is 2.14. The molecule has 0 aliphatic heterocycles. The van der Waals surface area contributed by atoms with Crippen LogP contribution in [0.3, 0.4) is 0 Å². The van der Waals surface area contributed by atoms with E-state index < -0.39 is 11.7 Å². The van der Waals surface area contributed by atoms with Gasteiger partial charge >= 0.3 is 0 Å². The van der Waals surface area contributed by atoms with Gasteiger partial charge in [-0.2, -0.15) is 0 Å². The molecule has 0 aromatic heterocycles. The van der Waals surface area contributed by atoms with Crippen LogP contribution in [0.5, 0.6) is 0 Å². The van der Waals surface area contributed by atoms with E-state index >= 15 is 0 Å². The lowest BCUT2D eigenvalue weighted by atomic mass is 10.1. The quantitative estimate of drug-likeness (QED) is 0.927. The number of benzene rings is 1. The van der Waals surface area contributed by atoms with Crippen LogP contribution < -0.4 is 5.32 Å². The summed E-state index contributed by atoms with van der Waals surface area (Å²) in [6.45, 7) is 9.21. The van der Waals surface area contributed by atoms with E-state index in [2.05, 4.69) is 5.32 Å². The molecular weight excluding hydrogens is 271 g/mol. The van der Waals surface area contributed by atoms with Crippen LogP contribution >= 0.6 is 0 Å². The highest BCUT2D eigenvalue weighted by atomic mass is 19.1. The molecule has 116 valence electrons. The van der Waals surface area contributed by atoms with E-state index in [0.29, 0.717) is 12.1 Å². The van der Waals surface area contributed by atoms with Crippen LogP contribution in [0.2, 0.25) is 0 Å². The average molecular weight is 294 g/mol. The molecule has 0 atom stereocenters. The fourth-order valence-corrected chi connectivity index (χ4v) is 1.94. The third-order valence-corrected chi connectivity index (χ3v) is 2.94. The Balaban J connectivity index is 2.87. The summed E-state index contributed by atoms with van der Waals surface area (Å²) in [6.07, 6.45) is 0. The van der Waals surface area contributed by atoms with Crippen LogP contribution in [0.4, 0.5) is 4.39 Å². The zero-order chi connectivity index (χ0) is 16.2. The van der Waals surface area contributed by atoms with Crippen LogP contribution in [0.25, 0.3) is 0 Å². The molecule has 4 nitrogen and oxygen atoms in total. The third-order valence-electron chi connectivity index (χ3n) is 2.94. The fraction of sp³-hybridized carbons (Fsp3) is 0.500. The lowest BCUT2D eigenvalue weighted by Crippen LogP contribution is -2.47. The van der Waals surface area contributed by atoms with Crippen LogP contribution in [-0.4, -0.2) is 35.3 Å². The predicted octanol–water partition coefficient (Wildman–Crippen LogP) is 2.51. The molecule has 21 heavy (non-hydrogen) atoms. The highest BCUT2D eigenvalue weighted by Gasteiger charge is 2.22. The Bertz CT molecular complexity index is 536. The summed E-state index contributed by atoms with van der Waals surface area (Å²) in [4.78, 5) is 25.6. The van der Waals surface area contributed by atoms with Crippen molar-refractivity contribution in [2.24, 2.45) is 0 Å². The molecule has 0 unspecified atom stereocenters. The smallest absolute Gasteiger partial charge is 0.257 e.